The lowest BCUT2D eigenvalue weighted by molar-refractivity contribution is -0.384. The lowest BCUT2D eigenvalue weighted by atomic mass is 9.76. The van der Waals surface area contributed by atoms with Crippen molar-refractivity contribution in [1.82, 2.24) is 10.9 Å². The van der Waals surface area contributed by atoms with Crippen LogP contribution in [0.15, 0.2) is 35.7 Å². The number of ether oxygens (including phenoxy) is 1. The maximum atomic E-state index is 10.8. The van der Waals surface area contributed by atoms with Crippen LogP contribution < -0.4 is 16.6 Å². The Kier molecular flexibility index (Phi) is 3.44. The van der Waals surface area contributed by atoms with E-state index >= 15 is 0 Å². The average molecular weight is 301 g/mol. The molecule has 0 aromatic heterocycles. The van der Waals surface area contributed by atoms with E-state index in [9.17, 15) is 15.4 Å². The van der Waals surface area contributed by atoms with Gasteiger partial charge in [0.1, 0.15) is 6.07 Å². The molecule has 0 radical (unpaired) electrons. The van der Waals surface area contributed by atoms with Crippen LogP contribution in [0.4, 0.5) is 5.69 Å². The minimum Gasteiger partial charge on any atom is -0.458 e. The maximum absolute atomic E-state index is 10.8. The zero-order valence-electron chi connectivity index (χ0n) is 11.8. The van der Waals surface area contributed by atoms with Crippen LogP contribution in [0.5, 0.6) is 0 Å². The Bertz CT molecular complexity index is 679. The normalized spacial score (nSPS) is 30.4. The predicted octanol–water partition coefficient (Wildman–Crippen LogP) is 0.841. The van der Waals surface area contributed by atoms with Gasteiger partial charge in [0.2, 0.25) is 5.88 Å². The third kappa shape index (κ3) is 2.16. The van der Waals surface area contributed by atoms with Gasteiger partial charge in [-0.15, -0.1) is 0 Å². The lowest BCUT2D eigenvalue weighted by Crippen LogP contribution is -2.41. The quantitative estimate of drug-likeness (QED) is 0.545. The first-order valence-electron chi connectivity index (χ1n) is 6.84. The molecule has 2 aliphatic heterocycles. The second-order valence-corrected chi connectivity index (χ2v) is 5.41. The summed E-state index contributed by atoms with van der Waals surface area (Å²) in [5, 5.41) is 20.2. The summed E-state index contributed by atoms with van der Waals surface area (Å²) < 4.78 is 5.55. The molecule has 3 rings (SSSR count). The highest BCUT2D eigenvalue weighted by Crippen LogP contribution is 2.42. The van der Waals surface area contributed by atoms with Crippen LogP contribution in [0.1, 0.15) is 18.4 Å². The van der Waals surface area contributed by atoms with Gasteiger partial charge in [-0.2, -0.15) is 5.26 Å². The molecule has 4 atom stereocenters. The lowest BCUT2D eigenvalue weighted by Gasteiger charge is -2.34. The van der Waals surface area contributed by atoms with E-state index in [1.807, 2.05) is 6.92 Å². The van der Waals surface area contributed by atoms with Crippen LogP contribution in [0.3, 0.4) is 0 Å². The molecule has 0 saturated carbocycles. The number of hydrazine groups is 1. The Morgan fingerprint density at radius 3 is 2.64 bits per heavy atom. The molecular formula is C14H15N5O3. The number of nitro groups is 1. The highest BCUT2D eigenvalue weighted by atomic mass is 16.6. The summed E-state index contributed by atoms with van der Waals surface area (Å²) in [5.74, 6) is -0.221. The van der Waals surface area contributed by atoms with Crippen LogP contribution in [-0.4, -0.2) is 17.2 Å². The fraction of sp³-hybridized carbons (Fsp3) is 0.357. The zero-order chi connectivity index (χ0) is 15.9. The number of nitriles is 1. The number of hydrogen-bond acceptors (Lipinski definition) is 7. The van der Waals surface area contributed by atoms with Gasteiger partial charge in [-0.3, -0.25) is 15.5 Å². The number of nitro benzene ring substituents is 1. The Labute approximate surface area is 126 Å². The number of rotatable bonds is 2. The fourth-order valence-corrected chi connectivity index (χ4v) is 3.10. The largest absolute Gasteiger partial charge is 0.458 e. The van der Waals surface area contributed by atoms with Gasteiger partial charge in [0, 0.05) is 30.0 Å². The second-order valence-electron chi connectivity index (χ2n) is 5.41. The minimum absolute atomic E-state index is 0.0125. The Morgan fingerprint density at radius 1 is 1.36 bits per heavy atom. The number of nitrogens with one attached hydrogen (secondary N) is 2. The van der Waals surface area contributed by atoms with Crippen molar-refractivity contribution in [3.63, 3.8) is 0 Å². The summed E-state index contributed by atoms with van der Waals surface area (Å²) in [6, 6.07) is 8.38. The molecule has 22 heavy (non-hydrogen) atoms. The van der Waals surface area contributed by atoms with E-state index in [0.29, 0.717) is 5.57 Å². The van der Waals surface area contributed by atoms with E-state index in [1.165, 1.54) is 12.1 Å². The number of allylic oxidation sites excluding steroid dienone is 1. The van der Waals surface area contributed by atoms with Gasteiger partial charge < -0.3 is 10.5 Å². The number of fused-ring (bicyclic) bond motifs is 1. The number of benzene rings is 1. The van der Waals surface area contributed by atoms with Crippen molar-refractivity contribution in [3.8, 4) is 6.07 Å². The third-order valence-corrected chi connectivity index (χ3v) is 4.18. The molecule has 0 spiro atoms. The second kappa shape index (κ2) is 5.29. The molecule has 4 unspecified atom stereocenters. The Hall–Kier alpha value is -2.63. The summed E-state index contributed by atoms with van der Waals surface area (Å²) in [4.78, 5) is 10.3. The summed E-state index contributed by atoms with van der Waals surface area (Å²) in [7, 11) is 0. The molecule has 1 aromatic carbocycles. The molecule has 4 N–H and O–H groups in total. The van der Waals surface area contributed by atoms with Gasteiger partial charge in [-0.25, -0.2) is 5.43 Å². The van der Waals surface area contributed by atoms with Crippen molar-refractivity contribution in [2.45, 2.75) is 25.1 Å². The molecule has 8 nitrogen and oxygen atoms in total. The number of non-ortho nitro benzene ring substituents is 1. The van der Waals surface area contributed by atoms with Crippen LogP contribution in [0.25, 0.3) is 0 Å². The highest BCUT2D eigenvalue weighted by molar-refractivity contribution is 5.44. The molecule has 2 aliphatic rings. The Morgan fingerprint density at radius 2 is 2.05 bits per heavy atom. The van der Waals surface area contributed by atoms with Gasteiger partial charge in [0.05, 0.1) is 10.5 Å². The summed E-state index contributed by atoms with van der Waals surface area (Å²) in [6.45, 7) is 1.98. The van der Waals surface area contributed by atoms with E-state index in [0.717, 1.165) is 5.56 Å². The van der Waals surface area contributed by atoms with Crippen LogP contribution in [0, 0.1) is 27.4 Å². The van der Waals surface area contributed by atoms with Gasteiger partial charge >= 0.3 is 0 Å². The maximum Gasteiger partial charge on any atom is 0.269 e. The van der Waals surface area contributed by atoms with Crippen molar-refractivity contribution in [2.24, 2.45) is 11.7 Å². The molecule has 1 saturated heterocycles. The summed E-state index contributed by atoms with van der Waals surface area (Å²) >= 11 is 0. The van der Waals surface area contributed by atoms with E-state index in [4.69, 9.17) is 10.5 Å². The SMILES string of the molecule is CC1NNC2OC(N)=C(C#N)C(c3ccc([N+](=O)[O-])cc3)C12. The monoisotopic (exact) mass is 301 g/mol. The van der Waals surface area contributed by atoms with E-state index in [1.54, 1.807) is 12.1 Å². The standard InChI is InChI=1S/C14H15N5O3/c1-7-11-12(8-2-4-9(5-3-8)19(20)21)10(6-15)13(16)22-14(11)18-17-7/h2-5,7,11-12,14,17-18H,16H2,1H3. The number of nitrogens with two attached hydrogens (primary N) is 1. The van der Waals surface area contributed by atoms with E-state index in [2.05, 4.69) is 16.9 Å². The molecule has 1 fully saturated rings. The van der Waals surface area contributed by atoms with Crippen molar-refractivity contribution >= 4 is 5.69 Å². The van der Waals surface area contributed by atoms with E-state index < -0.39 is 4.92 Å². The summed E-state index contributed by atoms with van der Waals surface area (Å²) in [5.41, 5.74) is 13.1. The molecule has 114 valence electrons. The first-order valence-corrected chi connectivity index (χ1v) is 6.84. The van der Waals surface area contributed by atoms with Gasteiger partial charge in [-0.05, 0) is 12.5 Å². The number of hydrogen-bond donors (Lipinski definition) is 3. The van der Waals surface area contributed by atoms with Crippen LogP contribution >= 0.6 is 0 Å². The molecule has 2 heterocycles. The van der Waals surface area contributed by atoms with Crippen molar-refractivity contribution in [3.05, 3.63) is 51.4 Å². The first-order chi connectivity index (χ1) is 10.5. The predicted molar refractivity (Wildman–Crippen MR) is 76.8 cm³/mol. The molecule has 8 heteroatoms. The van der Waals surface area contributed by atoms with E-state index in [-0.39, 0.29) is 35.7 Å². The number of nitrogens with zero attached hydrogens (tertiary/aromatic N) is 2. The highest BCUT2D eigenvalue weighted by Gasteiger charge is 2.47. The van der Waals surface area contributed by atoms with Crippen LogP contribution in [0.2, 0.25) is 0 Å². The van der Waals surface area contributed by atoms with Gasteiger partial charge in [0.15, 0.2) is 6.23 Å². The molecule has 0 bridgehead atoms. The third-order valence-electron chi connectivity index (χ3n) is 4.18. The van der Waals surface area contributed by atoms with Crippen molar-refractivity contribution < 1.29 is 9.66 Å². The fourth-order valence-electron chi connectivity index (χ4n) is 3.10. The topological polar surface area (TPSA) is 126 Å². The van der Waals surface area contributed by atoms with Gasteiger partial charge in [0.25, 0.3) is 5.69 Å². The van der Waals surface area contributed by atoms with Gasteiger partial charge in [-0.1, -0.05) is 12.1 Å². The zero-order valence-corrected chi connectivity index (χ0v) is 11.8. The average Bonchev–Trinajstić information content (AvgIpc) is 2.87. The van der Waals surface area contributed by atoms with Crippen molar-refractivity contribution in [1.29, 1.82) is 5.26 Å². The summed E-state index contributed by atoms with van der Waals surface area (Å²) in [6.07, 6.45) is -0.340. The minimum atomic E-state index is -0.451. The van der Waals surface area contributed by atoms with Crippen molar-refractivity contribution in [2.75, 3.05) is 0 Å². The van der Waals surface area contributed by atoms with Crippen LogP contribution in [-0.2, 0) is 4.74 Å². The Balaban J connectivity index is 2.05. The smallest absolute Gasteiger partial charge is 0.269 e. The molecule has 0 aliphatic carbocycles. The molecular weight excluding hydrogens is 286 g/mol. The molecule has 0 amide bonds. The molecule has 1 aromatic rings. The first kappa shape index (κ1) is 14.3.